The van der Waals surface area contributed by atoms with Crippen LogP contribution in [-0.4, -0.2) is 30.4 Å². The molecule has 0 saturated carbocycles. The summed E-state index contributed by atoms with van der Waals surface area (Å²) in [6, 6.07) is 5.07. The summed E-state index contributed by atoms with van der Waals surface area (Å²) < 4.78 is 45.7. The average molecular weight is 366 g/mol. The monoisotopic (exact) mass is 366 g/mol. The highest BCUT2D eigenvalue weighted by Gasteiger charge is 2.27. The van der Waals surface area contributed by atoms with Gasteiger partial charge in [0.15, 0.2) is 17.5 Å². The standard InChI is InChI=1S/C19H21F3N2O2/c1-12-6-8-24(9-7-12)15(16-3-2-10-26-16)11-23-19(25)13-4-5-14(20)18(22)17(13)21/h2-5,10,12,15H,6-9,11H2,1H3,(H,23,25). The van der Waals surface area contributed by atoms with E-state index in [1.165, 1.54) is 0 Å². The Morgan fingerprint density at radius 3 is 2.62 bits per heavy atom. The minimum Gasteiger partial charge on any atom is -0.468 e. The zero-order chi connectivity index (χ0) is 18.7. The van der Waals surface area contributed by atoms with Crippen LogP contribution in [0.3, 0.4) is 0 Å². The Kier molecular flexibility index (Phi) is 5.66. The quantitative estimate of drug-likeness (QED) is 0.817. The predicted octanol–water partition coefficient (Wildman–Crippen LogP) is 3.90. The largest absolute Gasteiger partial charge is 0.468 e. The number of halogens is 3. The molecular weight excluding hydrogens is 345 g/mol. The summed E-state index contributed by atoms with van der Waals surface area (Å²) in [5.41, 5.74) is -0.519. The van der Waals surface area contributed by atoms with Crippen LogP contribution in [0.1, 0.15) is 41.9 Å². The molecule has 4 nitrogen and oxygen atoms in total. The summed E-state index contributed by atoms with van der Waals surface area (Å²) in [7, 11) is 0. The van der Waals surface area contributed by atoms with E-state index in [0.717, 1.165) is 38.1 Å². The molecule has 1 N–H and O–H groups in total. The fraction of sp³-hybridized carbons (Fsp3) is 0.421. The third kappa shape index (κ3) is 3.93. The summed E-state index contributed by atoms with van der Waals surface area (Å²) in [5.74, 6) is -3.90. The first-order valence-electron chi connectivity index (χ1n) is 8.66. The number of furan rings is 1. The van der Waals surface area contributed by atoms with Crippen molar-refractivity contribution < 1.29 is 22.4 Å². The first-order chi connectivity index (χ1) is 12.5. The summed E-state index contributed by atoms with van der Waals surface area (Å²) >= 11 is 0. The summed E-state index contributed by atoms with van der Waals surface area (Å²) in [6.45, 7) is 4.11. The second-order valence-electron chi connectivity index (χ2n) is 6.68. The van der Waals surface area contributed by atoms with Crippen LogP contribution < -0.4 is 5.32 Å². The van der Waals surface area contributed by atoms with E-state index in [2.05, 4.69) is 17.1 Å². The van der Waals surface area contributed by atoms with Crippen LogP contribution in [0.5, 0.6) is 0 Å². The normalized spacial score (nSPS) is 17.2. The zero-order valence-corrected chi connectivity index (χ0v) is 14.5. The summed E-state index contributed by atoms with van der Waals surface area (Å²) in [6.07, 6.45) is 3.65. The number of hydrogen-bond acceptors (Lipinski definition) is 3. The molecule has 1 aromatic carbocycles. The topological polar surface area (TPSA) is 45.5 Å². The highest BCUT2D eigenvalue weighted by Crippen LogP contribution is 2.27. The van der Waals surface area contributed by atoms with Crippen LogP contribution in [-0.2, 0) is 0 Å². The van der Waals surface area contributed by atoms with Crippen LogP contribution in [0.25, 0.3) is 0 Å². The van der Waals surface area contributed by atoms with Gasteiger partial charge in [-0.1, -0.05) is 6.92 Å². The van der Waals surface area contributed by atoms with Gasteiger partial charge in [0.1, 0.15) is 5.76 Å². The van der Waals surface area contributed by atoms with Gasteiger partial charge >= 0.3 is 0 Å². The molecule has 3 rings (SSSR count). The Labute approximate surface area is 150 Å². The number of hydrogen-bond donors (Lipinski definition) is 1. The van der Waals surface area contributed by atoms with Crippen LogP contribution in [0.15, 0.2) is 34.9 Å². The maximum absolute atomic E-state index is 13.8. The fourth-order valence-electron chi connectivity index (χ4n) is 3.22. The van der Waals surface area contributed by atoms with Gasteiger partial charge in [-0.15, -0.1) is 0 Å². The lowest BCUT2D eigenvalue weighted by Crippen LogP contribution is -2.42. The Bertz CT molecular complexity index is 756. The Morgan fingerprint density at radius 1 is 1.23 bits per heavy atom. The first kappa shape index (κ1) is 18.5. The molecule has 0 radical (unpaired) electrons. The van der Waals surface area contributed by atoms with Crippen molar-refractivity contribution in [2.24, 2.45) is 5.92 Å². The van der Waals surface area contributed by atoms with Gasteiger partial charge in [0, 0.05) is 6.54 Å². The molecule has 1 amide bonds. The van der Waals surface area contributed by atoms with Crippen molar-refractivity contribution in [3.05, 3.63) is 59.3 Å². The molecule has 2 aromatic rings. The summed E-state index contributed by atoms with van der Waals surface area (Å²) in [5, 5.41) is 2.61. The van der Waals surface area contributed by atoms with Gasteiger partial charge in [-0.25, -0.2) is 13.2 Å². The van der Waals surface area contributed by atoms with Crippen molar-refractivity contribution in [3.63, 3.8) is 0 Å². The molecule has 1 atom stereocenters. The van der Waals surface area contributed by atoms with E-state index in [0.29, 0.717) is 11.7 Å². The number of piperidine rings is 1. The van der Waals surface area contributed by atoms with E-state index in [9.17, 15) is 18.0 Å². The van der Waals surface area contributed by atoms with Crippen LogP contribution >= 0.6 is 0 Å². The van der Waals surface area contributed by atoms with E-state index in [1.807, 2.05) is 6.07 Å². The molecule has 1 fully saturated rings. The molecule has 7 heteroatoms. The van der Waals surface area contributed by atoms with Crippen LogP contribution in [0.4, 0.5) is 13.2 Å². The van der Waals surface area contributed by atoms with Crippen LogP contribution in [0.2, 0.25) is 0 Å². The first-order valence-corrected chi connectivity index (χ1v) is 8.66. The lowest BCUT2D eigenvalue weighted by Gasteiger charge is -2.35. The Morgan fingerprint density at radius 2 is 1.96 bits per heavy atom. The Balaban J connectivity index is 1.72. The average Bonchev–Trinajstić information content (AvgIpc) is 3.15. The highest BCUT2D eigenvalue weighted by molar-refractivity contribution is 5.94. The van der Waals surface area contributed by atoms with Crippen molar-refractivity contribution in [2.45, 2.75) is 25.8 Å². The maximum atomic E-state index is 13.8. The number of carbonyl (C=O) groups is 1. The predicted molar refractivity (Wildman–Crippen MR) is 90.1 cm³/mol. The minimum atomic E-state index is -1.65. The van der Waals surface area contributed by atoms with Gasteiger partial charge in [0.05, 0.1) is 17.9 Å². The van der Waals surface area contributed by atoms with E-state index >= 15 is 0 Å². The number of nitrogens with zero attached hydrogens (tertiary/aromatic N) is 1. The number of nitrogens with one attached hydrogen (secondary N) is 1. The lowest BCUT2D eigenvalue weighted by atomic mass is 9.97. The minimum absolute atomic E-state index is 0.180. The number of benzene rings is 1. The fourth-order valence-corrected chi connectivity index (χ4v) is 3.22. The molecule has 1 saturated heterocycles. The smallest absolute Gasteiger partial charge is 0.254 e. The summed E-state index contributed by atoms with van der Waals surface area (Å²) in [4.78, 5) is 14.5. The molecule has 0 spiro atoms. The molecule has 1 aliphatic heterocycles. The lowest BCUT2D eigenvalue weighted by molar-refractivity contribution is 0.0891. The van der Waals surface area contributed by atoms with Gasteiger partial charge in [0.2, 0.25) is 0 Å². The molecule has 2 heterocycles. The van der Waals surface area contributed by atoms with Crippen molar-refractivity contribution in [1.29, 1.82) is 0 Å². The third-order valence-corrected chi connectivity index (χ3v) is 4.87. The number of likely N-dealkylation sites (tertiary alicyclic amines) is 1. The zero-order valence-electron chi connectivity index (χ0n) is 14.5. The van der Waals surface area contributed by atoms with E-state index in [1.54, 1.807) is 12.3 Å². The van der Waals surface area contributed by atoms with Crippen LogP contribution in [0, 0.1) is 23.4 Å². The van der Waals surface area contributed by atoms with Gasteiger partial charge < -0.3 is 9.73 Å². The second-order valence-corrected chi connectivity index (χ2v) is 6.68. The van der Waals surface area contributed by atoms with Crippen molar-refractivity contribution in [2.75, 3.05) is 19.6 Å². The maximum Gasteiger partial charge on any atom is 0.254 e. The molecule has 1 aromatic heterocycles. The van der Waals surface area contributed by atoms with Gasteiger partial charge in [-0.05, 0) is 56.1 Å². The second kappa shape index (κ2) is 7.95. The SMILES string of the molecule is CC1CCN(C(CNC(=O)c2ccc(F)c(F)c2F)c2ccco2)CC1. The van der Waals surface area contributed by atoms with E-state index in [-0.39, 0.29) is 12.6 Å². The molecule has 1 unspecified atom stereocenters. The number of amides is 1. The van der Waals surface area contributed by atoms with Gasteiger partial charge in [-0.3, -0.25) is 9.69 Å². The molecular formula is C19H21F3N2O2. The van der Waals surface area contributed by atoms with E-state index in [4.69, 9.17) is 4.42 Å². The van der Waals surface area contributed by atoms with Gasteiger partial charge in [0.25, 0.3) is 5.91 Å². The molecule has 26 heavy (non-hydrogen) atoms. The van der Waals surface area contributed by atoms with Crippen molar-refractivity contribution >= 4 is 5.91 Å². The molecule has 1 aliphatic rings. The third-order valence-electron chi connectivity index (χ3n) is 4.87. The van der Waals surface area contributed by atoms with Crippen molar-refractivity contribution in [3.8, 4) is 0 Å². The Hall–Kier alpha value is -2.28. The molecule has 0 bridgehead atoms. The molecule has 0 aliphatic carbocycles. The van der Waals surface area contributed by atoms with Gasteiger partial charge in [-0.2, -0.15) is 0 Å². The molecule has 140 valence electrons. The highest BCUT2D eigenvalue weighted by atomic mass is 19.2. The number of carbonyl (C=O) groups excluding carboxylic acids is 1. The van der Waals surface area contributed by atoms with Crippen molar-refractivity contribution in [1.82, 2.24) is 10.2 Å². The number of rotatable bonds is 5. The van der Waals surface area contributed by atoms with E-state index < -0.39 is 28.9 Å².